The van der Waals surface area contributed by atoms with E-state index >= 15 is 0 Å². The Kier molecular flexibility index (Phi) is 5.70. The number of nitrogens with zero attached hydrogens (tertiary/aromatic N) is 3. The number of halogens is 1. The van der Waals surface area contributed by atoms with E-state index in [-0.39, 0.29) is 23.4 Å². The van der Waals surface area contributed by atoms with Gasteiger partial charge in [-0.25, -0.2) is 14.4 Å². The fraction of sp³-hybridized carbons (Fsp3) is 0.100. The van der Waals surface area contributed by atoms with Gasteiger partial charge in [0.05, 0.1) is 11.6 Å². The second-order valence-electron chi connectivity index (χ2n) is 5.72. The molecule has 0 aliphatic heterocycles. The molecule has 27 heavy (non-hydrogen) atoms. The van der Waals surface area contributed by atoms with Crippen LogP contribution in [0.15, 0.2) is 60.8 Å². The normalized spacial score (nSPS) is 10.1. The van der Waals surface area contributed by atoms with Crippen LogP contribution < -0.4 is 10.6 Å². The molecule has 1 heterocycles. The lowest BCUT2D eigenvalue weighted by atomic mass is 10.1. The molecule has 0 aliphatic rings. The zero-order valence-corrected chi connectivity index (χ0v) is 14.3. The molecule has 0 radical (unpaired) electrons. The van der Waals surface area contributed by atoms with E-state index in [4.69, 9.17) is 5.26 Å². The van der Waals surface area contributed by atoms with Gasteiger partial charge < -0.3 is 10.6 Å². The maximum atomic E-state index is 12.9. The number of nitrogens with one attached hydrogen (secondary N) is 2. The molecule has 0 unspecified atom stereocenters. The van der Waals surface area contributed by atoms with E-state index in [1.807, 2.05) is 0 Å². The fourth-order valence-electron chi connectivity index (χ4n) is 2.40. The van der Waals surface area contributed by atoms with E-state index in [0.29, 0.717) is 24.2 Å². The van der Waals surface area contributed by atoms with Crippen molar-refractivity contribution in [2.75, 3.05) is 11.9 Å². The molecule has 3 aromatic rings. The van der Waals surface area contributed by atoms with Crippen LogP contribution in [0.25, 0.3) is 0 Å². The Morgan fingerprint density at radius 2 is 1.96 bits per heavy atom. The monoisotopic (exact) mass is 361 g/mol. The van der Waals surface area contributed by atoms with E-state index in [0.717, 1.165) is 5.56 Å². The van der Waals surface area contributed by atoms with Crippen molar-refractivity contribution in [3.8, 4) is 6.07 Å². The van der Waals surface area contributed by atoms with Gasteiger partial charge in [-0.1, -0.05) is 18.2 Å². The summed E-state index contributed by atoms with van der Waals surface area (Å²) in [5, 5.41) is 14.7. The predicted molar refractivity (Wildman–Crippen MR) is 98.9 cm³/mol. The molecule has 0 spiro atoms. The van der Waals surface area contributed by atoms with Gasteiger partial charge in [0, 0.05) is 18.4 Å². The smallest absolute Gasteiger partial charge is 0.270 e. The maximum Gasteiger partial charge on any atom is 0.270 e. The molecule has 2 N–H and O–H groups in total. The molecule has 1 amide bonds. The van der Waals surface area contributed by atoms with Gasteiger partial charge in [0.15, 0.2) is 0 Å². The summed E-state index contributed by atoms with van der Waals surface area (Å²) < 4.78 is 12.9. The van der Waals surface area contributed by atoms with Gasteiger partial charge in [-0.05, 0) is 48.4 Å². The number of benzene rings is 2. The van der Waals surface area contributed by atoms with E-state index in [1.165, 1.54) is 24.4 Å². The van der Waals surface area contributed by atoms with E-state index in [9.17, 15) is 9.18 Å². The number of rotatable bonds is 6. The summed E-state index contributed by atoms with van der Waals surface area (Å²) in [6.45, 7) is 0.404. The first-order valence-electron chi connectivity index (χ1n) is 8.27. The number of nitriles is 1. The highest BCUT2D eigenvalue weighted by Crippen LogP contribution is 2.14. The van der Waals surface area contributed by atoms with Crippen LogP contribution in [0.5, 0.6) is 0 Å². The van der Waals surface area contributed by atoms with Gasteiger partial charge in [-0.2, -0.15) is 5.26 Å². The number of hydrogen-bond acceptors (Lipinski definition) is 5. The Bertz CT molecular complexity index is 982. The van der Waals surface area contributed by atoms with E-state index in [2.05, 4.69) is 26.7 Å². The van der Waals surface area contributed by atoms with Crippen molar-refractivity contribution in [3.63, 3.8) is 0 Å². The molecule has 6 nitrogen and oxygen atoms in total. The molecule has 134 valence electrons. The SMILES string of the molecule is N#Cc1cccc(Nc2nccc(C(=O)NCCc3ccc(F)cc3)n2)c1. The third kappa shape index (κ3) is 5.09. The average Bonchev–Trinajstić information content (AvgIpc) is 2.70. The van der Waals surface area contributed by atoms with Gasteiger partial charge in [-0.15, -0.1) is 0 Å². The summed E-state index contributed by atoms with van der Waals surface area (Å²) in [5.41, 5.74) is 2.32. The Hall–Kier alpha value is -3.79. The highest BCUT2D eigenvalue weighted by Gasteiger charge is 2.09. The Morgan fingerprint density at radius 3 is 2.74 bits per heavy atom. The van der Waals surface area contributed by atoms with Crippen LogP contribution in [0.3, 0.4) is 0 Å². The molecule has 0 saturated heterocycles. The van der Waals surface area contributed by atoms with Crippen LogP contribution >= 0.6 is 0 Å². The Morgan fingerprint density at radius 1 is 1.15 bits per heavy atom. The van der Waals surface area contributed by atoms with Crippen LogP contribution in [0.2, 0.25) is 0 Å². The van der Waals surface area contributed by atoms with Crippen LogP contribution in [0.4, 0.5) is 16.0 Å². The van der Waals surface area contributed by atoms with Gasteiger partial charge in [0.2, 0.25) is 5.95 Å². The maximum absolute atomic E-state index is 12.9. The van der Waals surface area contributed by atoms with Crippen molar-refractivity contribution in [1.82, 2.24) is 15.3 Å². The summed E-state index contributed by atoms with van der Waals surface area (Å²) in [7, 11) is 0. The van der Waals surface area contributed by atoms with Crippen molar-refractivity contribution in [1.29, 1.82) is 5.26 Å². The summed E-state index contributed by atoms with van der Waals surface area (Å²) >= 11 is 0. The average molecular weight is 361 g/mol. The third-order valence-electron chi connectivity index (χ3n) is 3.75. The minimum atomic E-state index is -0.326. The lowest BCUT2D eigenvalue weighted by Crippen LogP contribution is -2.26. The number of carbonyl (C=O) groups is 1. The van der Waals surface area contributed by atoms with E-state index in [1.54, 1.807) is 36.4 Å². The van der Waals surface area contributed by atoms with Gasteiger partial charge in [0.1, 0.15) is 11.5 Å². The lowest BCUT2D eigenvalue weighted by Gasteiger charge is -2.08. The Balaban J connectivity index is 1.59. The zero-order chi connectivity index (χ0) is 19.1. The standard InChI is InChI=1S/C20H16FN5O/c21-16-6-4-14(5-7-16)8-10-23-19(27)18-9-11-24-20(26-18)25-17-3-1-2-15(12-17)13-22/h1-7,9,11-12H,8,10H2,(H,23,27)(H,24,25,26). The number of carbonyl (C=O) groups excluding carboxylic acids is 1. The number of aromatic nitrogens is 2. The van der Waals surface area contributed by atoms with Crippen LogP contribution in [-0.4, -0.2) is 22.4 Å². The molecular weight excluding hydrogens is 345 g/mol. The second-order valence-corrected chi connectivity index (χ2v) is 5.72. The third-order valence-corrected chi connectivity index (χ3v) is 3.75. The summed E-state index contributed by atoms with van der Waals surface area (Å²) in [6, 6.07) is 16.6. The first kappa shape index (κ1) is 18.0. The number of hydrogen-bond donors (Lipinski definition) is 2. The minimum absolute atomic E-state index is 0.225. The molecule has 0 atom stereocenters. The predicted octanol–water partition coefficient (Wildman–Crippen LogP) is 3.20. The Labute approximate surface area is 155 Å². The topological polar surface area (TPSA) is 90.7 Å². The summed E-state index contributed by atoms with van der Waals surface area (Å²) in [4.78, 5) is 20.5. The molecule has 0 aliphatic carbocycles. The molecular formula is C20H16FN5O. The van der Waals surface area contributed by atoms with E-state index < -0.39 is 0 Å². The molecule has 7 heteroatoms. The summed E-state index contributed by atoms with van der Waals surface area (Å²) in [6.07, 6.45) is 2.07. The van der Waals surface area contributed by atoms with Gasteiger partial charge >= 0.3 is 0 Å². The largest absolute Gasteiger partial charge is 0.350 e. The molecule has 2 aromatic carbocycles. The van der Waals surface area contributed by atoms with Crippen LogP contribution in [0, 0.1) is 17.1 Å². The van der Waals surface area contributed by atoms with Crippen molar-refractivity contribution in [2.45, 2.75) is 6.42 Å². The van der Waals surface area contributed by atoms with Crippen molar-refractivity contribution >= 4 is 17.5 Å². The van der Waals surface area contributed by atoms with Crippen molar-refractivity contribution in [2.24, 2.45) is 0 Å². The van der Waals surface area contributed by atoms with Crippen molar-refractivity contribution in [3.05, 3.63) is 83.4 Å². The highest BCUT2D eigenvalue weighted by atomic mass is 19.1. The number of amides is 1. The molecule has 0 fully saturated rings. The molecule has 3 rings (SSSR count). The lowest BCUT2D eigenvalue weighted by molar-refractivity contribution is 0.0949. The zero-order valence-electron chi connectivity index (χ0n) is 14.3. The molecule has 1 aromatic heterocycles. The first-order valence-corrected chi connectivity index (χ1v) is 8.27. The molecule has 0 bridgehead atoms. The first-order chi connectivity index (χ1) is 13.1. The van der Waals surface area contributed by atoms with Crippen molar-refractivity contribution < 1.29 is 9.18 Å². The highest BCUT2D eigenvalue weighted by molar-refractivity contribution is 5.92. The minimum Gasteiger partial charge on any atom is -0.350 e. The fourth-order valence-corrected chi connectivity index (χ4v) is 2.40. The van der Waals surface area contributed by atoms with Crippen LogP contribution in [0.1, 0.15) is 21.6 Å². The van der Waals surface area contributed by atoms with Crippen LogP contribution in [-0.2, 0) is 6.42 Å². The second kappa shape index (κ2) is 8.54. The van der Waals surface area contributed by atoms with Gasteiger partial charge in [-0.3, -0.25) is 4.79 Å². The molecule has 0 saturated carbocycles. The summed E-state index contributed by atoms with van der Waals surface area (Å²) in [5.74, 6) is -0.353. The van der Waals surface area contributed by atoms with Gasteiger partial charge in [0.25, 0.3) is 5.91 Å². The quantitative estimate of drug-likeness (QED) is 0.704. The number of anilines is 2.